The summed E-state index contributed by atoms with van der Waals surface area (Å²) in [5, 5.41) is -0.522. The van der Waals surface area contributed by atoms with E-state index in [1.54, 1.807) is 16.7 Å². The number of hydrogen-bond acceptors (Lipinski definition) is 4. The Balaban J connectivity index is 2.08. The number of carbonyl (C=O) groups excluding carboxylic acids is 2. The highest BCUT2D eigenvalue weighted by Gasteiger charge is 2.40. The van der Waals surface area contributed by atoms with E-state index in [4.69, 9.17) is 0 Å². The van der Waals surface area contributed by atoms with Crippen molar-refractivity contribution in [1.82, 2.24) is 9.80 Å². The van der Waals surface area contributed by atoms with E-state index in [1.807, 2.05) is 13.8 Å². The number of amides is 2. The van der Waals surface area contributed by atoms with Gasteiger partial charge in [-0.1, -0.05) is 13.8 Å². The summed E-state index contributed by atoms with van der Waals surface area (Å²) >= 11 is 0. The molecule has 21 heavy (non-hydrogen) atoms. The van der Waals surface area contributed by atoms with Crippen molar-refractivity contribution in [1.29, 1.82) is 0 Å². The zero-order valence-corrected chi connectivity index (χ0v) is 13.7. The summed E-state index contributed by atoms with van der Waals surface area (Å²) < 4.78 is 23.5. The molecular formula is C14H24N2O4S. The van der Waals surface area contributed by atoms with Gasteiger partial charge in [0.05, 0.1) is 11.0 Å². The van der Waals surface area contributed by atoms with Crippen molar-refractivity contribution in [3.63, 3.8) is 0 Å². The molecule has 0 N–H and O–H groups in total. The molecule has 7 heteroatoms. The minimum Gasteiger partial charge on any atom is -0.339 e. The highest BCUT2D eigenvalue weighted by atomic mass is 32.2. The number of likely N-dealkylation sites (tertiary alicyclic amines) is 1. The van der Waals surface area contributed by atoms with Gasteiger partial charge >= 0.3 is 0 Å². The molecule has 0 aromatic heterocycles. The van der Waals surface area contributed by atoms with Crippen molar-refractivity contribution in [2.45, 2.75) is 44.9 Å². The molecule has 2 heterocycles. The summed E-state index contributed by atoms with van der Waals surface area (Å²) in [5.41, 5.74) is 0. The van der Waals surface area contributed by atoms with Crippen LogP contribution in [0.2, 0.25) is 0 Å². The third-order valence-corrected chi connectivity index (χ3v) is 6.49. The van der Waals surface area contributed by atoms with Crippen LogP contribution in [-0.4, -0.2) is 66.7 Å². The Morgan fingerprint density at radius 2 is 1.86 bits per heavy atom. The zero-order chi connectivity index (χ0) is 15.8. The van der Waals surface area contributed by atoms with E-state index in [-0.39, 0.29) is 36.6 Å². The average molecular weight is 316 g/mol. The maximum Gasteiger partial charge on any atom is 0.245 e. The first-order chi connectivity index (χ1) is 9.74. The Morgan fingerprint density at radius 1 is 1.19 bits per heavy atom. The van der Waals surface area contributed by atoms with E-state index in [2.05, 4.69) is 0 Å². The topological polar surface area (TPSA) is 74.8 Å². The van der Waals surface area contributed by atoms with Gasteiger partial charge in [-0.2, -0.15) is 0 Å². The summed E-state index contributed by atoms with van der Waals surface area (Å²) in [7, 11) is -3.07. The largest absolute Gasteiger partial charge is 0.339 e. The van der Waals surface area contributed by atoms with Gasteiger partial charge in [-0.15, -0.1) is 0 Å². The Hall–Kier alpha value is -1.11. The molecule has 2 amide bonds. The third kappa shape index (κ3) is 3.22. The Kier molecular flexibility index (Phi) is 4.60. The standard InChI is InChI=1S/C14H24N2O4S/c1-10(2)13(17)16-6-4-5-12(16)14(18)15-7-8-21(19,20)11(3)9-15/h10-12H,4-9H2,1-3H3. The van der Waals surface area contributed by atoms with Crippen LogP contribution in [0.1, 0.15) is 33.6 Å². The van der Waals surface area contributed by atoms with Gasteiger partial charge < -0.3 is 9.80 Å². The number of hydrogen-bond donors (Lipinski definition) is 0. The molecule has 0 bridgehead atoms. The second-order valence-corrected chi connectivity index (χ2v) is 8.84. The molecule has 0 aliphatic carbocycles. The van der Waals surface area contributed by atoms with Gasteiger partial charge in [-0.05, 0) is 19.8 Å². The summed E-state index contributed by atoms with van der Waals surface area (Å²) in [5.74, 6) is -0.198. The fourth-order valence-corrected chi connectivity index (χ4v) is 4.27. The lowest BCUT2D eigenvalue weighted by molar-refractivity contribution is -0.145. The first kappa shape index (κ1) is 16.3. The van der Waals surface area contributed by atoms with Gasteiger partial charge in [0.15, 0.2) is 9.84 Å². The summed E-state index contributed by atoms with van der Waals surface area (Å²) in [4.78, 5) is 28.1. The van der Waals surface area contributed by atoms with Gasteiger partial charge in [-0.3, -0.25) is 9.59 Å². The van der Waals surface area contributed by atoms with Crippen LogP contribution in [-0.2, 0) is 19.4 Å². The molecule has 120 valence electrons. The van der Waals surface area contributed by atoms with Gasteiger partial charge in [-0.25, -0.2) is 8.42 Å². The van der Waals surface area contributed by atoms with Crippen LogP contribution in [0.25, 0.3) is 0 Å². The molecule has 6 nitrogen and oxygen atoms in total. The molecule has 2 saturated heterocycles. The van der Waals surface area contributed by atoms with Crippen molar-refractivity contribution < 1.29 is 18.0 Å². The average Bonchev–Trinajstić information content (AvgIpc) is 2.89. The van der Waals surface area contributed by atoms with E-state index in [0.29, 0.717) is 13.0 Å². The highest BCUT2D eigenvalue weighted by Crippen LogP contribution is 2.23. The highest BCUT2D eigenvalue weighted by molar-refractivity contribution is 7.92. The molecule has 0 saturated carbocycles. The van der Waals surface area contributed by atoms with Gasteiger partial charge in [0.1, 0.15) is 6.04 Å². The SMILES string of the molecule is CC(C)C(=O)N1CCCC1C(=O)N1CCS(=O)(=O)C(C)C1. The Labute approximate surface area is 126 Å². The molecular weight excluding hydrogens is 292 g/mol. The van der Waals surface area contributed by atoms with Crippen LogP contribution in [0.5, 0.6) is 0 Å². The van der Waals surface area contributed by atoms with Crippen LogP contribution >= 0.6 is 0 Å². The van der Waals surface area contributed by atoms with Crippen LogP contribution in [0.3, 0.4) is 0 Å². The second kappa shape index (κ2) is 5.94. The first-order valence-electron chi connectivity index (χ1n) is 7.55. The number of nitrogens with zero attached hydrogens (tertiary/aromatic N) is 2. The zero-order valence-electron chi connectivity index (χ0n) is 12.9. The predicted molar refractivity (Wildman–Crippen MR) is 79.4 cm³/mol. The van der Waals surface area contributed by atoms with E-state index >= 15 is 0 Å². The van der Waals surface area contributed by atoms with Crippen molar-refractivity contribution in [3.05, 3.63) is 0 Å². The number of carbonyl (C=O) groups is 2. The molecule has 0 spiro atoms. The maximum atomic E-state index is 12.6. The van der Waals surface area contributed by atoms with E-state index in [1.165, 1.54) is 0 Å². The van der Waals surface area contributed by atoms with Crippen LogP contribution < -0.4 is 0 Å². The number of rotatable bonds is 2. The normalized spacial score (nSPS) is 29.0. The molecule has 2 aliphatic heterocycles. The molecule has 2 unspecified atom stereocenters. The van der Waals surface area contributed by atoms with Crippen LogP contribution in [0.15, 0.2) is 0 Å². The van der Waals surface area contributed by atoms with Crippen molar-refractivity contribution in [2.75, 3.05) is 25.4 Å². The van der Waals surface area contributed by atoms with Crippen molar-refractivity contribution in [3.8, 4) is 0 Å². The maximum absolute atomic E-state index is 12.6. The fourth-order valence-electron chi connectivity index (χ4n) is 2.98. The predicted octanol–water partition coefficient (Wildman–Crippen LogP) is 0.279. The Bertz CT molecular complexity index is 529. The lowest BCUT2D eigenvalue weighted by Crippen LogP contribution is -2.54. The monoisotopic (exact) mass is 316 g/mol. The van der Waals surface area contributed by atoms with Crippen LogP contribution in [0, 0.1) is 5.92 Å². The third-order valence-electron chi connectivity index (χ3n) is 4.36. The minimum atomic E-state index is -3.07. The lowest BCUT2D eigenvalue weighted by atomic mass is 10.1. The Morgan fingerprint density at radius 3 is 2.43 bits per heavy atom. The summed E-state index contributed by atoms with van der Waals surface area (Å²) in [6, 6.07) is -0.409. The lowest BCUT2D eigenvalue weighted by Gasteiger charge is -2.35. The summed E-state index contributed by atoms with van der Waals surface area (Å²) in [6.45, 7) is 6.40. The molecule has 0 radical (unpaired) electrons. The molecule has 0 aromatic rings. The molecule has 2 aliphatic rings. The molecule has 2 rings (SSSR count). The van der Waals surface area contributed by atoms with E-state index in [9.17, 15) is 18.0 Å². The fraction of sp³-hybridized carbons (Fsp3) is 0.857. The van der Waals surface area contributed by atoms with Crippen LogP contribution in [0.4, 0.5) is 0 Å². The van der Waals surface area contributed by atoms with Gasteiger partial charge in [0, 0.05) is 25.6 Å². The van der Waals surface area contributed by atoms with Gasteiger partial charge in [0.25, 0.3) is 0 Å². The number of sulfone groups is 1. The van der Waals surface area contributed by atoms with E-state index in [0.717, 1.165) is 6.42 Å². The first-order valence-corrected chi connectivity index (χ1v) is 9.26. The smallest absolute Gasteiger partial charge is 0.245 e. The quantitative estimate of drug-likeness (QED) is 0.733. The second-order valence-electron chi connectivity index (χ2n) is 6.31. The molecule has 2 fully saturated rings. The summed E-state index contributed by atoms with van der Waals surface area (Å²) in [6.07, 6.45) is 1.51. The minimum absolute atomic E-state index is 0.00327. The van der Waals surface area contributed by atoms with Crippen molar-refractivity contribution in [2.24, 2.45) is 5.92 Å². The van der Waals surface area contributed by atoms with Gasteiger partial charge in [0.2, 0.25) is 11.8 Å². The van der Waals surface area contributed by atoms with E-state index < -0.39 is 21.1 Å². The molecule has 2 atom stereocenters. The van der Waals surface area contributed by atoms with Crippen molar-refractivity contribution >= 4 is 21.7 Å². The molecule has 0 aromatic carbocycles.